The number of hydrogen-bond donors (Lipinski definition) is 1. The molecule has 1 nitrogen and oxygen atoms in total. The van der Waals surface area contributed by atoms with E-state index in [1.54, 1.807) is 0 Å². The number of hydrogen-bond acceptors (Lipinski definition) is 1. The first-order valence-corrected chi connectivity index (χ1v) is 6.81. The van der Waals surface area contributed by atoms with Crippen LogP contribution in [0.1, 0.15) is 53.9 Å². The molecule has 0 aromatic rings. The van der Waals surface area contributed by atoms with Gasteiger partial charge in [-0.1, -0.05) is 38.5 Å². The highest BCUT2D eigenvalue weighted by Crippen LogP contribution is 2.31. The van der Waals surface area contributed by atoms with Crippen LogP contribution in [0.4, 0.5) is 0 Å². The van der Waals surface area contributed by atoms with E-state index in [0.717, 1.165) is 12.8 Å². The maximum atomic E-state index is 6.40. The minimum absolute atomic E-state index is 0.155. The van der Waals surface area contributed by atoms with Gasteiger partial charge in [-0.05, 0) is 55.7 Å². The summed E-state index contributed by atoms with van der Waals surface area (Å²) in [6.07, 6.45) is 8.11. The maximum Gasteiger partial charge on any atom is 0.0323 e. The van der Waals surface area contributed by atoms with Gasteiger partial charge in [-0.2, -0.15) is 0 Å². The monoisotopic (exact) mass is 233 g/mol. The predicted molar refractivity (Wildman–Crippen MR) is 76.9 cm³/mol. The van der Waals surface area contributed by atoms with Crippen LogP contribution in [0.25, 0.3) is 0 Å². The van der Waals surface area contributed by atoms with E-state index in [4.69, 9.17) is 5.73 Å². The minimum Gasteiger partial charge on any atom is -0.324 e. The predicted octanol–water partition coefficient (Wildman–Crippen LogP) is 4.36. The van der Waals surface area contributed by atoms with Crippen LogP contribution in [0.5, 0.6) is 0 Å². The lowest BCUT2D eigenvalue weighted by Crippen LogP contribution is -2.31. The molecule has 0 aromatic carbocycles. The molecule has 0 bridgehead atoms. The second kappa shape index (κ2) is 6.20. The Labute approximate surface area is 106 Å². The van der Waals surface area contributed by atoms with Gasteiger partial charge in [0.05, 0.1) is 0 Å². The highest BCUT2D eigenvalue weighted by molar-refractivity contribution is 5.51. The van der Waals surface area contributed by atoms with Gasteiger partial charge in [-0.15, -0.1) is 0 Å². The highest BCUT2D eigenvalue weighted by atomic mass is 14.7. The van der Waals surface area contributed by atoms with E-state index in [9.17, 15) is 0 Å². The molecule has 0 radical (unpaired) electrons. The average Bonchev–Trinajstić information content (AvgIpc) is 2.31. The van der Waals surface area contributed by atoms with Crippen LogP contribution in [0.15, 0.2) is 34.4 Å². The van der Waals surface area contributed by atoms with Crippen molar-refractivity contribution in [3.63, 3.8) is 0 Å². The largest absolute Gasteiger partial charge is 0.324 e. The Morgan fingerprint density at radius 2 is 1.88 bits per heavy atom. The Morgan fingerprint density at radius 3 is 2.35 bits per heavy atom. The van der Waals surface area contributed by atoms with Gasteiger partial charge in [0.25, 0.3) is 0 Å². The van der Waals surface area contributed by atoms with Crippen LogP contribution >= 0.6 is 0 Å². The first kappa shape index (κ1) is 14.2. The quantitative estimate of drug-likeness (QED) is 0.767. The molecule has 0 aromatic heterocycles. The molecule has 1 atom stereocenters. The summed E-state index contributed by atoms with van der Waals surface area (Å²) in [6.45, 7) is 11.1. The number of nitrogens with two attached hydrogens (primary N) is 1. The molecule has 1 rings (SSSR count). The summed E-state index contributed by atoms with van der Waals surface area (Å²) in [5.74, 6) is 0.488. The van der Waals surface area contributed by atoms with Crippen molar-refractivity contribution in [3.8, 4) is 0 Å². The van der Waals surface area contributed by atoms with Crippen molar-refractivity contribution in [3.05, 3.63) is 34.4 Å². The van der Waals surface area contributed by atoms with E-state index in [2.05, 4.69) is 46.8 Å². The molecule has 1 aliphatic rings. The third-order valence-electron chi connectivity index (χ3n) is 3.72. The normalized spacial score (nSPS) is 19.7. The maximum absolute atomic E-state index is 6.40. The molecule has 0 fully saturated rings. The lowest BCUT2D eigenvalue weighted by Gasteiger charge is -2.26. The molecule has 1 heteroatoms. The fourth-order valence-electron chi connectivity index (χ4n) is 2.34. The van der Waals surface area contributed by atoms with Gasteiger partial charge in [0, 0.05) is 6.04 Å². The topological polar surface area (TPSA) is 26.0 Å². The van der Waals surface area contributed by atoms with Crippen LogP contribution in [-0.2, 0) is 0 Å². The van der Waals surface area contributed by atoms with E-state index in [1.165, 1.54) is 28.7 Å². The van der Waals surface area contributed by atoms with Crippen molar-refractivity contribution in [2.24, 2.45) is 11.7 Å². The first-order chi connectivity index (χ1) is 7.99. The van der Waals surface area contributed by atoms with Crippen LogP contribution in [0.2, 0.25) is 0 Å². The van der Waals surface area contributed by atoms with Gasteiger partial charge in [-0.25, -0.2) is 0 Å². The average molecular weight is 233 g/mol. The smallest absolute Gasteiger partial charge is 0.0323 e. The van der Waals surface area contributed by atoms with Gasteiger partial charge in [0.2, 0.25) is 0 Å². The molecule has 0 spiro atoms. The zero-order valence-corrected chi connectivity index (χ0v) is 12.0. The van der Waals surface area contributed by atoms with Gasteiger partial charge in [-0.3, -0.25) is 0 Å². The molecule has 1 unspecified atom stereocenters. The van der Waals surface area contributed by atoms with E-state index < -0.39 is 0 Å². The van der Waals surface area contributed by atoms with Gasteiger partial charge < -0.3 is 5.73 Å². The van der Waals surface area contributed by atoms with Crippen molar-refractivity contribution in [1.29, 1.82) is 0 Å². The van der Waals surface area contributed by atoms with Crippen LogP contribution in [0.3, 0.4) is 0 Å². The summed E-state index contributed by atoms with van der Waals surface area (Å²) >= 11 is 0. The van der Waals surface area contributed by atoms with E-state index in [0.29, 0.717) is 5.92 Å². The summed E-state index contributed by atoms with van der Waals surface area (Å²) in [5.41, 5.74) is 12.0. The lowest BCUT2D eigenvalue weighted by molar-refractivity contribution is 0.547. The fourth-order valence-corrected chi connectivity index (χ4v) is 2.34. The van der Waals surface area contributed by atoms with E-state index in [-0.39, 0.29) is 6.04 Å². The molecule has 1 aliphatic carbocycles. The van der Waals surface area contributed by atoms with Crippen molar-refractivity contribution in [1.82, 2.24) is 0 Å². The first-order valence-electron chi connectivity index (χ1n) is 6.81. The van der Waals surface area contributed by atoms with E-state index in [1.807, 2.05) is 0 Å². The molecule has 17 heavy (non-hydrogen) atoms. The molecule has 0 aliphatic heterocycles. The summed E-state index contributed by atoms with van der Waals surface area (Å²) in [7, 11) is 0. The Hall–Kier alpha value is -0.820. The SMILES string of the molecule is CC/C(C)=C(/C1=CCCC=C1C)C(N)C(C)C. The van der Waals surface area contributed by atoms with Crippen molar-refractivity contribution in [2.75, 3.05) is 0 Å². The zero-order chi connectivity index (χ0) is 13.0. The third kappa shape index (κ3) is 3.32. The van der Waals surface area contributed by atoms with Crippen LogP contribution in [0, 0.1) is 5.92 Å². The molecular weight excluding hydrogens is 206 g/mol. The Kier molecular flexibility index (Phi) is 5.20. The molecule has 0 saturated heterocycles. The summed E-state index contributed by atoms with van der Waals surface area (Å²) in [4.78, 5) is 0. The lowest BCUT2D eigenvalue weighted by atomic mass is 9.82. The summed E-state index contributed by atoms with van der Waals surface area (Å²) < 4.78 is 0. The zero-order valence-electron chi connectivity index (χ0n) is 12.0. The standard InChI is InChI=1S/C16H27N/c1-6-12(4)15(16(17)11(2)3)14-10-8-7-9-13(14)5/h9-11,16H,6-8,17H2,1-5H3/b15-12-. The molecule has 0 saturated carbocycles. The van der Waals surface area contributed by atoms with Gasteiger partial charge in [0.15, 0.2) is 0 Å². The molecule has 0 amide bonds. The molecule has 96 valence electrons. The molecule has 2 N–H and O–H groups in total. The third-order valence-corrected chi connectivity index (χ3v) is 3.72. The Morgan fingerprint density at radius 1 is 1.29 bits per heavy atom. The van der Waals surface area contributed by atoms with Gasteiger partial charge in [0.1, 0.15) is 0 Å². The second-order valence-corrected chi connectivity index (χ2v) is 5.40. The molecular formula is C16H27N. The second-order valence-electron chi connectivity index (χ2n) is 5.40. The summed E-state index contributed by atoms with van der Waals surface area (Å²) in [5, 5.41) is 0. The van der Waals surface area contributed by atoms with Crippen molar-refractivity contribution < 1.29 is 0 Å². The fraction of sp³-hybridized carbons (Fsp3) is 0.625. The number of rotatable bonds is 4. The number of allylic oxidation sites excluding steroid dienone is 4. The summed E-state index contributed by atoms with van der Waals surface area (Å²) in [6, 6.07) is 0.155. The Bertz CT molecular complexity index is 356. The van der Waals surface area contributed by atoms with Crippen molar-refractivity contribution in [2.45, 2.75) is 59.9 Å². The van der Waals surface area contributed by atoms with Crippen LogP contribution in [-0.4, -0.2) is 6.04 Å². The van der Waals surface area contributed by atoms with Crippen LogP contribution < -0.4 is 5.73 Å². The molecule has 0 heterocycles. The van der Waals surface area contributed by atoms with Crippen molar-refractivity contribution >= 4 is 0 Å². The van der Waals surface area contributed by atoms with E-state index >= 15 is 0 Å². The van der Waals surface area contributed by atoms with Gasteiger partial charge >= 0.3 is 0 Å². The Balaban J connectivity index is 3.17. The minimum atomic E-state index is 0.155. The highest BCUT2D eigenvalue weighted by Gasteiger charge is 2.21.